The molecule has 1 saturated heterocycles. The van der Waals surface area contributed by atoms with Gasteiger partial charge in [-0.2, -0.15) is 0 Å². The van der Waals surface area contributed by atoms with Crippen LogP contribution in [0.4, 0.5) is 0 Å². The lowest BCUT2D eigenvalue weighted by Gasteiger charge is -2.36. The molecule has 0 aromatic carbocycles. The third-order valence-corrected chi connectivity index (χ3v) is 4.55. The minimum atomic E-state index is 0.468. The van der Waals surface area contributed by atoms with Crippen molar-refractivity contribution in [2.75, 3.05) is 19.6 Å². The van der Waals surface area contributed by atoms with Gasteiger partial charge in [-0.15, -0.1) is 11.3 Å². The topological polar surface area (TPSA) is 28.2 Å². The van der Waals surface area contributed by atoms with Gasteiger partial charge in [0.15, 0.2) is 0 Å². The zero-order chi connectivity index (χ0) is 12.3. The second-order valence-corrected chi connectivity index (χ2v) is 6.19. The molecule has 2 unspecified atom stereocenters. The van der Waals surface area contributed by atoms with E-state index in [0.717, 1.165) is 19.6 Å². The third-order valence-electron chi connectivity index (χ3n) is 3.47. The number of aryl methyl sites for hydroxylation is 1. The normalized spacial score (nSPS) is 23.8. The molecular formula is C13H23N3S. The molecule has 17 heavy (non-hydrogen) atoms. The van der Waals surface area contributed by atoms with Crippen LogP contribution in [0.5, 0.6) is 0 Å². The van der Waals surface area contributed by atoms with Crippen LogP contribution >= 0.6 is 11.3 Å². The Hall–Kier alpha value is -0.450. The summed E-state index contributed by atoms with van der Waals surface area (Å²) in [5, 5.41) is 4.87. The SMILES string of the molecule is CCCC1CN(C(C)c2ncc(C)s2)CCN1. The molecule has 0 bridgehead atoms. The third kappa shape index (κ3) is 3.27. The number of thiazole rings is 1. The Morgan fingerprint density at radius 2 is 2.47 bits per heavy atom. The summed E-state index contributed by atoms with van der Waals surface area (Å²) in [6, 6.07) is 1.13. The number of hydrogen-bond donors (Lipinski definition) is 1. The molecular weight excluding hydrogens is 230 g/mol. The fourth-order valence-corrected chi connectivity index (χ4v) is 3.33. The highest BCUT2D eigenvalue weighted by molar-refractivity contribution is 7.11. The van der Waals surface area contributed by atoms with Crippen molar-refractivity contribution < 1.29 is 0 Å². The molecule has 2 atom stereocenters. The van der Waals surface area contributed by atoms with Crippen LogP contribution in [0.1, 0.15) is 42.6 Å². The van der Waals surface area contributed by atoms with E-state index in [1.54, 1.807) is 0 Å². The molecule has 0 spiro atoms. The molecule has 0 amide bonds. The highest BCUT2D eigenvalue weighted by atomic mass is 32.1. The molecule has 1 aromatic heterocycles. The fraction of sp³-hybridized carbons (Fsp3) is 0.769. The van der Waals surface area contributed by atoms with Crippen LogP contribution in [0, 0.1) is 6.92 Å². The Balaban J connectivity index is 1.97. The number of nitrogens with one attached hydrogen (secondary N) is 1. The van der Waals surface area contributed by atoms with Crippen molar-refractivity contribution >= 4 is 11.3 Å². The smallest absolute Gasteiger partial charge is 0.110 e. The molecule has 2 rings (SSSR count). The van der Waals surface area contributed by atoms with Gasteiger partial charge in [-0.25, -0.2) is 4.98 Å². The Bertz CT molecular complexity index is 348. The first-order valence-corrected chi connectivity index (χ1v) is 7.42. The number of nitrogens with zero attached hydrogens (tertiary/aromatic N) is 2. The van der Waals surface area contributed by atoms with Crippen molar-refractivity contribution in [3.8, 4) is 0 Å². The van der Waals surface area contributed by atoms with E-state index in [1.165, 1.54) is 22.7 Å². The Morgan fingerprint density at radius 1 is 1.65 bits per heavy atom. The van der Waals surface area contributed by atoms with Gasteiger partial charge in [-0.3, -0.25) is 4.90 Å². The van der Waals surface area contributed by atoms with E-state index in [0.29, 0.717) is 12.1 Å². The largest absolute Gasteiger partial charge is 0.311 e. The summed E-state index contributed by atoms with van der Waals surface area (Å²) in [7, 11) is 0. The van der Waals surface area contributed by atoms with Gasteiger partial charge in [0.1, 0.15) is 5.01 Å². The zero-order valence-corrected chi connectivity index (χ0v) is 11.9. The molecule has 1 aliphatic heterocycles. The molecule has 4 heteroatoms. The lowest BCUT2D eigenvalue weighted by Crippen LogP contribution is -2.51. The van der Waals surface area contributed by atoms with Gasteiger partial charge in [0.25, 0.3) is 0 Å². The van der Waals surface area contributed by atoms with Crippen molar-refractivity contribution in [3.63, 3.8) is 0 Å². The van der Waals surface area contributed by atoms with Crippen molar-refractivity contribution in [3.05, 3.63) is 16.1 Å². The minimum Gasteiger partial charge on any atom is -0.311 e. The van der Waals surface area contributed by atoms with E-state index in [4.69, 9.17) is 0 Å². The van der Waals surface area contributed by atoms with Gasteiger partial charge >= 0.3 is 0 Å². The number of piperazine rings is 1. The first kappa shape index (κ1) is 13.0. The van der Waals surface area contributed by atoms with Crippen molar-refractivity contribution in [2.24, 2.45) is 0 Å². The van der Waals surface area contributed by atoms with Crippen LogP contribution in [0.2, 0.25) is 0 Å². The van der Waals surface area contributed by atoms with E-state index >= 15 is 0 Å². The average molecular weight is 253 g/mol. The predicted molar refractivity (Wildman–Crippen MR) is 73.5 cm³/mol. The van der Waals surface area contributed by atoms with Gasteiger partial charge in [-0.05, 0) is 20.3 Å². The lowest BCUT2D eigenvalue weighted by molar-refractivity contribution is 0.149. The van der Waals surface area contributed by atoms with Gasteiger partial charge in [0.2, 0.25) is 0 Å². The minimum absolute atomic E-state index is 0.468. The highest BCUT2D eigenvalue weighted by Gasteiger charge is 2.24. The molecule has 0 aliphatic carbocycles. The summed E-state index contributed by atoms with van der Waals surface area (Å²) in [6.45, 7) is 10.1. The summed E-state index contributed by atoms with van der Waals surface area (Å²) < 4.78 is 0. The first-order chi connectivity index (χ1) is 8.20. The summed E-state index contributed by atoms with van der Waals surface area (Å²) in [6.07, 6.45) is 4.53. The standard InChI is InChI=1S/C13H23N3S/c1-4-5-12-9-16(7-6-14-12)11(3)13-15-8-10(2)17-13/h8,11-12,14H,4-7,9H2,1-3H3. The van der Waals surface area contributed by atoms with E-state index in [2.05, 4.69) is 36.0 Å². The van der Waals surface area contributed by atoms with E-state index in [1.807, 2.05) is 17.5 Å². The van der Waals surface area contributed by atoms with Crippen LogP contribution < -0.4 is 5.32 Å². The lowest BCUT2D eigenvalue weighted by atomic mass is 10.1. The Labute approximate surface area is 108 Å². The van der Waals surface area contributed by atoms with Crippen LogP contribution in [0.15, 0.2) is 6.20 Å². The number of rotatable bonds is 4. The van der Waals surface area contributed by atoms with Crippen molar-refractivity contribution in [2.45, 2.75) is 45.7 Å². The number of aromatic nitrogens is 1. The zero-order valence-electron chi connectivity index (χ0n) is 11.1. The van der Waals surface area contributed by atoms with Crippen molar-refractivity contribution in [1.82, 2.24) is 15.2 Å². The second-order valence-electron chi connectivity index (χ2n) is 4.92. The summed E-state index contributed by atoms with van der Waals surface area (Å²) in [5.41, 5.74) is 0. The fourth-order valence-electron chi connectivity index (χ4n) is 2.47. The maximum absolute atomic E-state index is 4.52. The van der Waals surface area contributed by atoms with Gasteiger partial charge in [0, 0.05) is 36.8 Å². The van der Waals surface area contributed by atoms with E-state index < -0.39 is 0 Å². The van der Waals surface area contributed by atoms with Crippen LogP contribution in [0.3, 0.4) is 0 Å². The quantitative estimate of drug-likeness (QED) is 0.894. The highest BCUT2D eigenvalue weighted by Crippen LogP contribution is 2.25. The summed E-state index contributed by atoms with van der Waals surface area (Å²) >= 11 is 1.83. The molecule has 1 N–H and O–H groups in total. The van der Waals surface area contributed by atoms with Gasteiger partial charge in [0.05, 0.1) is 6.04 Å². The summed E-state index contributed by atoms with van der Waals surface area (Å²) in [4.78, 5) is 8.40. The molecule has 3 nitrogen and oxygen atoms in total. The monoisotopic (exact) mass is 253 g/mol. The first-order valence-electron chi connectivity index (χ1n) is 6.60. The van der Waals surface area contributed by atoms with E-state index in [9.17, 15) is 0 Å². The molecule has 1 fully saturated rings. The second kappa shape index (κ2) is 5.94. The molecule has 1 aromatic rings. The number of hydrogen-bond acceptors (Lipinski definition) is 4. The van der Waals surface area contributed by atoms with Gasteiger partial charge in [-0.1, -0.05) is 13.3 Å². The molecule has 0 saturated carbocycles. The van der Waals surface area contributed by atoms with Crippen molar-refractivity contribution in [1.29, 1.82) is 0 Å². The maximum Gasteiger partial charge on any atom is 0.110 e. The molecule has 2 heterocycles. The molecule has 0 radical (unpaired) electrons. The van der Waals surface area contributed by atoms with Crippen LogP contribution in [-0.2, 0) is 0 Å². The maximum atomic E-state index is 4.52. The molecule has 1 aliphatic rings. The summed E-state index contributed by atoms with van der Waals surface area (Å²) in [5.74, 6) is 0. The average Bonchev–Trinajstić information content (AvgIpc) is 2.76. The van der Waals surface area contributed by atoms with Gasteiger partial charge < -0.3 is 5.32 Å². The Kier molecular flexibility index (Phi) is 4.54. The van der Waals surface area contributed by atoms with E-state index in [-0.39, 0.29) is 0 Å². The Morgan fingerprint density at radius 3 is 3.12 bits per heavy atom. The molecule has 96 valence electrons. The predicted octanol–water partition coefficient (Wildman–Crippen LogP) is 2.59. The van der Waals surface area contributed by atoms with Crippen LogP contribution in [-0.4, -0.2) is 35.6 Å². The van der Waals surface area contributed by atoms with Crippen LogP contribution in [0.25, 0.3) is 0 Å².